The fourth-order valence-electron chi connectivity index (χ4n) is 2.80. The Bertz CT molecular complexity index is 795. The first-order valence-corrected chi connectivity index (χ1v) is 9.21. The Labute approximate surface area is 162 Å². The van der Waals surface area contributed by atoms with Crippen LogP contribution in [-0.4, -0.2) is 11.8 Å². The summed E-state index contributed by atoms with van der Waals surface area (Å²) < 4.78 is 0. The van der Waals surface area contributed by atoms with Crippen LogP contribution in [0.1, 0.15) is 74.6 Å². The van der Waals surface area contributed by atoms with Crippen molar-refractivity contribution in [3.8, 4) is 0 Å². The highest BCUT2D eigenvalue weighted by Crippen LogP contribution is 2.30. The van der Waals surface area contributed by atoms with E-state index in [4.69, 9.17) is 5.73 Å². The Hall–Kier alpha value is -2.62. The first kappa shape index (κ1) is 20.7. The van der Waals surface area contributed by atoms with Crippen molar-refractivity contribution in [2.24, 2.45) is 5.73 Å². The van der Waals surface area contributed by atoms with Gasteiger partial charge in [0.2, 0.25) is 5.91 Å². The SMILES string of the molecule is CC(C)(C)c1cc(C(=O)N[C@H](C(N)=O)c2ccccc2)cc(C(C)(C)C)c1. The lowest BCUT2D eigenvalue weighted by Crippen LogP contribution is -2.37. The van der Waals surface area contributed by atoms with Crippen LogP contribution in [0.15, 0.2) is 48.5 Å². The minimum Gasteiger partial charge on any atom is -0.368 e. The topological polar surface area (TPSA) is 72.2 Å². The normalized spacial score (nSPS) is 13.1. The summed E-state index contributed by atoms with van der Waals surface area (Å²) in [6.07, 6.45) is 0. The Balaban J connectivity index is 2.44. The van der Waals surface area contributed by atoms with Crippen LogP contribution in [-0.2, 0) is 15.6 Å². The number of nitrogens with two attached hydrogens (primary N) is 1. The van der Waals surface area contributed by atoms with E-state index >= 15 is 0 Å². The summed E-state index contributed by atoms with van der Waals surface area (Å²) in [6.45, 7) is 12.7. The summed E-state index contributed by atoms with van der Waals surface area (Å²) in [5.41, 5.74) is 8.71. The van der Waals surface area contributed by atoms with Crippen LogP contribution in [0.25, 0.3) is 0 Å². The zero-order valence-corrected chi connectivity index (χ0v) is 17.1. The van der Waals surface area contributed by atoms with Gasteiger partial charge in [-0.2, -0.15) is 0 Å². The van der Waals surface area contributed by atoms with Gasteiger partial charge in [-0.15, -0.1) is 0 Å². The highest BCUT2D eigenvalue weighted by Gasteiger charge is 2.25. The van der Waals surface area contributed by atoms with E-state index in [1.54, 1.807) is 12.1 Å². The monoisotopic (exact) mass is 366 g/mol. The van der Waals surface area contributed by atoms with Crippen LogP contribution in [0.5, 0.6) is 0 Å². The van der Waals surface area contributed by atoms with E-state index in [1.165, 1.54) is 0 Å². The minimum absolute atomic E-state index is 0.0984. The lowest BCUT2D eigenvalue weighted by molar-refractivity contribution is -0.120. The molecule has 0 saturated heterocycles. The summed E-state index contributed by atoms with van der Waals surface area (Å²) in [5, 5.41) is 2.79. The number of primary amides is 1. The molecule has 144 valence electrons. The van der Waals surface area contributed by atoms with Gasteiger partial charge in [0.25, 0.3) is 5.91 Å². The number of carbonyl (C=O) groups excluding carboxylic acids is 2. The van der Waals surface area contributed by atoms with Crippen LogP contribution >= 0.6 is 0 Å². The molecule has 0 spiro atoms. The zero-order valence-electron chi connectivity index (χ0n) is 17.1. The predicted molar refractivity (Wildman–Crippen MR) is 110 cm³/mol. The molecule has 0 aliphatic carbocycles. The summed E-state index contributed by atoms with van der Waals surface area (Å²) in [7, 11) is 0. The van der Waals surface area contributed by atoms with Gasteiger partial charge in [-0.3, -0.25) is 9.59 Å². The number of benzene rings is 2. The van der Waals surface area contributed by atoms with E-state index in [1.807, 2.05) is 30.3 Å². The number of nitrogens with one attached hydrogen (secondary N) is 1. The van der Waals surface area contributed by atoms with Crippen LogP contribution in [0, 0.1) is 0 Å². The second-order valence-corrected chi connectivity index (χ2v) is 9.02. The molecule has 0 heterocycles. The van der Waals surface area contributed by atoms with Gasteiger partial charge < -0.3 is 11.1 Å². The van der Waals surface area contributed by atoms with Crippen LogP contribution in [0.4, 0.5) is 0 Å². The van der Waals surface area contributed by atoms with Crippen molar-refractivity contribution in [3.05, 3.63) is 70.8 Å². The number of hydrogen-bond donors (Lipinski definition) is 2. The molecule has 2 amide bonds. The molecule has 0 aromatic heterocycles. The van der Waals surface area contributed by atoms with E-state index in [0.717, 1.165) is 11.1 Å². The Morgan fingerprint density at radius 3 is 1.74 bits per heavy atom. The Morgan fingerprint density at radius 1 is 0.852 bits per heavy atom. The lowest BCUT2D eigenvalue weighted by Gasteiger charge is -2.26. The van der Waals surface area contributed by atoms with Crippen molar-refractivity contribution >= 4 is 11.8 Å². The van der Waals surface area contributed by atoms with Crippen LogP contribution in [0.3, 0.4) is 0 Å². The molecule has 4 nitrogen and oxygen atoms in total. The fraction of sp³-hybridized carbons (Fsp3) is 0.391. The molecule has 4 heteroatoms. The highest BCUT2D eigenvalue weighted by molar-refractivity contribution is 5.98. The molecule has 0 saturated carbocycles. The maximum atomic E-state index is 13.0. The molecule has 1 atom stereocenters. The van der Waals surface area contributed by atoms with E-state index in [-0.39, 0.29) is 16.7 Å². The average Bonchev–Trinajstić information content (AvgIpc) is 2.58. The van der Waals surface area contributed by atoms with E-state index in [2.05, 4.69) is 52.9 Å². The standard InChI is InChI=1S/C23H30N2O2/c1-22(2,3)17-12-16(13-18(14-17)23(4,5)6)21(27)25-19(20(24)26)15-10-8-7-9-11-15/h7-14,19H,1-6H3,(H2,24,26)(H,25,27)/t19-/m0/s1. The lowest BCUT2D eigenvalue weighted by atomic mass is 9.79. The van der Waals surface area contributed by atoms with Crippen molar-refractivity contribution in [1.29, 1.82) is 0 Å². The molecule has 3 N–H and O–H groups in total. The smallest absolute Gasteiger partial charge is 0.252 e. The van der Waals surface area contributed by atoms with Crippen molar-refractivity contribution in [1.82, 2.24) is 5.32 Å². The average molecular weight is 367 g/mol. The Morgan fingerprint density at radius 2 is 1.33 bits per heavy atom. The first-order chi connectivity index (χ1) is 12.4. The van der Waals surface area contributed by atoms with E-state index in [9.17, 15) is 9.59 Å². The van der Waals surface area contributed by atoms with Gasteiger partial charge in [0.05, 0.1) is 0 Å². The predicted octanol–water partition coefficient (Wildman–Crippen LogP) is 4.24. The summed E-state index contributed by atoms with van der Waals surface area (Å²) in [6, 6.07) is 14.1. The van der Waals surface area contributed by atoms with Crippen LogP contribution < -0.4 is 11.1 Å². The van der Waals surface area contributed by atoms with Gasteiger partial charge in [-0.05, 0) is 39.7 Å². The quantitative estimate of drug-likeness (QED) is 0.849. The summed E-state index contributed by atoms with van der Waals surface area (Å²) in [4.78, 5) is 24.9. The van der Waals surface area contributed by atoms with Gasteiger partial charge in [0.1, 0.15) is 6.04 Å². The summed E-state index contributed by atoms with van der Waals surface area (Å²) in [5.74, 6) is -0.892. The summed E-state index contributed by atoms with van der Waals surface area (Å²) >= 11 is 0. The Kier molecular flexibility index (Phi) is 5.79. The van der Waals surface area contributed by atoms with Gasteiger partial charge in [0, 0.05) is 5.56 Å². The zero-order chi connectivity index (χ0) is 20.4. The third-order valence-corrected chi connectivity index (χ3v) is 4.62. The van der Waals surface area contributed by atoms with Gasteiger partial charge in [-0.1, -0.05) is 77.9 Å². The maximum Gasteiger partial charge on any atom is 0.252 e. The molecule has 2 rings (SSSR count). The van der Waals surface area contributed by atoms with Crippen molar-refractivity contribution in [2.45, 2.75) is 58.4 Å². The molecule has 0 aliphatic rings. The molecular formula is C23H30N2O2. The molecule has 0 bridgehead atoms. The van der Waals surface area contributed by atoms with Crippen molar-refractivity contribution < 1.29 is 9.59 Å². The number of hydrogen-bond acceptors (Lipinski definition) is 2. The first-order valence-electron chi connectivity index (χ1n) is 9.21. The largest absolute Gasteiger partial charge is 0.368 e. The van der Waals surface area contributed by atoms with Crippen LogP contribution in [0.2, 0.25) is 0 Å². The van der Waals surface area contributed by atoms with Gasteiger partial charge in [0.15, 0.2) is 0 Å². The third kappa shape index (κ3) is 5.19. The number of amides is 2. The molecule has 0 radical (unpaired) electrons. The van der Waals surface area contributed by atoms with Crippen molar-refractivity contribution in [2.75, 3.05) is 0 Å². The molecule has 0 fully saturated rings. The van der Waals surface area contributed by atoms with Gasteiger partial charge in [-0.25, -0.2) is 0 Å². The molecular weight excluding hydrogens is 336 g/mol. The second kappa shape index (κ2) is 7.55. The highest BCUT2D eigenvalue weighted by atomic mass is 16.2. The number of rotatable bonds is 4. The fourth-order valence-corrected chi connectivity index (χ4v) is 2.80. The maximum absolute atomic E-state index is 13.0. The molecule has 0 unspecified atom stereocenters. The molecule has 0 aliphatic heterocycles. The molecule has 27 heavy (non-hydrogen) atoms. The number of carbonyl (C=O) groups is 2. The second-order valence-electron chi connectivity index (χ2n) is 9.02. The molecule has 2 aromatic rings. The van der Waals surface area contributed by atoms with Crippen molar-refractivity contribution in [3.63, 3.8) is 0 Å². The van der Waals surface area contributed by atoms with E-state index < -0.39 is 11.9 Å². The van der Waals surface area contributed by atoms with E-state index in [0.29, 0.717) is 11.1 Å². The third-order valence-electron chi connectivity index (χ3n) is 4.62. The van der Waals surface area contributed by atoms with Gasteiger partial charge >= 0.3 is 0 Å². The minimum atomic E-state index is -0.866. The molecule has 2 aromatic carbocycles.